The standard InChI is InChI=1S/C47H22F64N8O4/c48-10(49)24(64,65)32(80,81)40(96,97)44(104,105)36(88,89)28(72,73)20(56,57)6-120-16-112-14(113-17(116-16)121-7-21(58,59)29(74,75)37(90,91)45(106,107)41(98,99)33(82,83)25(66,67)11(50)51)118-2-1-3-119(5-4-118)15-114-18(122-8-22(60,61)30(76,77)38(92,93)46(108,109)42(100,101)34(84,85)26(68,69)12(52)53)117-19(115-15)123-9-23(62,63)31(78,79)39(94,95)47(110,111)43(102,103)35(86,87)27(70,71)13(54)55/h10-13H,1-9H2. The Morgan fingerprint density at radius 2 is 0.317 bits per heavy atom. The van der Waals surface area contributed by atoms with E-state index in [0.717, 1.165) is 0 Å². The maximum atomic E-state index is 15.0. The average Bonchev–Trinajstić information content (AvgIpc) is 0.747. The molecule has 0 spiro atoms. The highest BCUT2D eigenvalue weighted by atomic mass is 19.4. The minimum Gasteiger partial charge on any atom is -0.457 e. The molecule has 0 aromatic carbocycles. The van der Waals surface area contributed by atoms with E-state index in [4.69, 9.17) is 0 Å². The zero-order valence-electron chi connectivity index (χ0n) is 55.1. The molecule has 0 N–H and O–H groups in total. The Morgan fingerprint density at radius 1 is 0.187 bits per heavy atom. The Morgan fingerprint density at radius 3 is 0.455 bits per heavy atom. The summed E-state index contributed by atoms with van der Waals surface area (Å²) in [5, 5.41) is 0. The Balaban J connectivity index is 2.46. The van der Waals surface area contributed by atoms with E-state index in [1.165, 1.54) is 0 Å². The van der Waals surface area contributed by atoms with Crippen LogP contribution in [-0.4, -0.2) is 274 Å². The Bertz CT molecular complexity index is 3500. The van der Waals surface area contributed by atoms with Gasteiger partial charge in [0.15, 0.2) is 26.4 Å². The molecule has 76 heteroatoms. The molecule has 1 saturated heterocycles. The molecular weight excluding hydrogens is 1960 g/mol. The predicted octanol–water partition coefficient (Wildman–Crippen LogP) is 20.1. The summed E-state index contributed by atoms with van der Waals surface area (Å²) >= 11 is 0. The fourth-order valence-electron chi connectivity index (χ4n) is 8.17. The molecule has 1 aliphatic rings. The van der Waals surface area contributed by atoms with Crippen molar-refractivity contribution in [1.82, 2.24) is 29.9 Å². The van der Waals surface area contributed by atoms with Crippen LogP contribution in [0.5, 0.6) is 24.0 Å². The van der Waals surface area contributed by atoms with E-state index in [-0.39, 0.29) is 9.80 Å². The van der Waals surface area contributed by atoms with E-state index in [9.17, 15) is 246 Å². The van der Waals surface area contributed by atoms with Gasteiger partial charge in [0.2, 0.25) is 11.9 Å². The van der Waals surface area contributed by atoms with Crippen molar-refractivity contribution in [3.8, 4) is 24.0 Å². The maximum Gasteiger partial charge on any atom is 0.385 e. The van der Waals surface area contributed by atoms with Crippen LogP contribution in [0.1, 0.15) is 6.42 Å². The Labute approximate surface area is 626 Å². The summed E-state index contributed by atoms with van der Waals surface area (Å²) in [6, 6.07) is -12.5. The van der Waals surface area contributed by atoms with Crippen LogP contribution < -0.4 is 28.7 Å². The molecule has 722 valence electrons. The highest BCUT2D eigenvalue weighted by Gasteiger charge is 2.99. The van der Waals surface area contributed by atoms with E-state index in [1.54, 1.807) is 0 Å². The zero-order valence-corrected chi connectivity index (χ0v) is 55.1. The first kappa shape index (κ1) is 110. The molecule has 0 bridgehead atoms. The van der Waals surface area contributed by atoms with Gasteiger partial charge in [-0.05, 0) is 6.42 Å². The van der Waals surface area contributed by atoms with Crippen LogP contribution in [0.2, 0.25) is 0 Å². The summed E-state index contributed by atoms with van der Waals surface area (Å²) in [7, 11) is 0. The van der Waals surface area contributed by atoms with E-state index >= 15 is 35.1 Å². The van der Waals surface area contributed by atoms with Crippen molar-refractivity contribution in [1.29, 1.82) is 0 Å². The van der Waals surface area contributed by atoms with Gasteiger partial charge >= 0.3 is 216 Å². The Kier molecular flexibility index (Phi) is 28.2. The largest absolute Gasteiger partial charge is 0.457 e. The lowest BCUT2D eigenvalue weighted by Crippen LogP contribution is -2.74. The molecule has 123 heavy (non-hydrogen) atoms. The van der Waals surface area contributed by atoms with Crippen molar-refractivity contribution >= 4 is 11.9 Å². The molecule has 0 unspecified atom stereocenters. The number of halogens is 64. The number of aromatic nitrogens is 6. The highest BCUT2D eigenvalue weighted by Crippen LogP contribution is 2.69. The third kappa shape index (κ3) is 16.1. The summed E-state index contributed by atoms with van der Waals surface area (Å²) in [6.45, 7) is -25.1. The van der Waals surface area contributed by atoms with Gasteiger partial charge in [-0.3, -0.25) is 0 Å². The van der Waals surface area contributed by atoms with Crippen molar-refractivity contribution in [2.24, 2.45) is 0 Å². The van der Waals surface area contributed by atoms with Crippen molar-refractivity contribution in [3.05, 3.63) is 0 Å². The van der Waals surface area contributed by atoms with E-state index in [0.29, 0.717) is 0 Å². The molecule has 1 aliphatic heterocycles. The minimum absolute atomic E-state index is 0.353. The van der Waals surface area contributed by atoms with Gasteiger partial charge in [0, 0.05) is 26.2 Å². The van der Waals surface area contributed by atoms with E-state index < -0.39 is 286 Å². The molecular formula is C47H22F64N8O4. The summed E-state index contributed by atoms with van der Waals surface area (Å²) in [5.41, 5.74) is 0. The first-order valence-corrected chi connectivity index (χ1v) is 28.8. The number of rotatable bonds is 42. The normalized spacial score (nSPS) is 16.8. The smallest absolute Gasteiger partial charge is 0.385 e. The quantitative estimate of drug-likeness (QED) is 0.0589. The van der Waals surface area contributed by atoms with Crippen molar-refractivity contribution in [3.63, 3.8) is 0 Å². The second-order valence-corrected chi connectivity index (χ2v) is 23.9. The number of ether oxygens (including phenoxy) is 4. The molecule has 0 saturated carbocycles. The molecule has 0 radical (unpaired) electrons. The Hall–Kier alpha value is -7.66. The lowest BCUT2D eigenvalue weighted by Gasteiger charge is -2.42. The second kappa shape index (κ2) is 31.7. The van der Waals surface area contributed by atoms with Gasteiger partial charge in [-0.25, -0.2) is 35.1 Å². The summed E-state index contributed by atoms with van der Waals surface area (Å²) in [4.78, 5) is 13.4. The van der Waals surface area contributed by atoms with Crippen molar-refractivity contribution < 1.29 is 300 Å². The van der Waals surface area contributed by atoms with Crippen LogP contribution in [0, 0.1) is 0 Å². The van der Waals surface area contributed by atoms with Gasteiger partial charge in [-0.1, -0.05) is 0 Å². The molecule has 3 heterocycles. The van der Waals surface area contributed by atoms with Crippen LogP contribution in [0.4, 0.5) is 293 Å². The molecule has 2 aromatic rings. The van der Waals surface area contributed by atoms with Crippen LogP contribution in [-0.2, 0) is 0 Å². The minimum atomic E-state index is -9.35. The number of anilines is 2. The summed E-state index contributed by atoms with van der Waals surface area (Å²) in [6.07, 6.45) is -27.5. The van der Waals surface area contributed by atoms with Crippen molar-refractivity contribution in [2.75, 3.05) is 62.4 Å². The molecule has 0 amide bonds. The molecule has 2 aromatic heterocycles. The number of hydrogen-bond acceptors (Lipinski definition) is 12. The van der Waals surface area contributed by atoms with Gasteiger partial charge in [0.1, 0.15) is 0 Å². The van der Waals surface area contributed by atoms with Crippen LogP contribution in [0.25, 0.3) is 0 Å². The number of nitrogens with zero attached hydrogens (tertiary/aromatic N) is 8. The van der Waals surface area contributed by atoms with Gasteiger partial charge in [-0.15, -0.1) is 9.97 Å². The average molecular weight is 1980 g/mol. The molecule has 0 atom stereocenters. The first-order chi connectivity index (χ1) is 53.5. The third-order valence-electron chi connectivity index (χ3n) is 15.7. The fraction of sp³-hybridized carbons (Fsp3) is 0.872. The monoisotopic (exact) mass is 1980 g/mol. The van der Waals surface area contributed by atoms with Crippen LogP contribution in [0.15, 0.2) is 0 Å². The second-order valence-electron chi connectivity index (χ2n) is 23.9. The van der Waals surface area contributed by atoms with Crippen LogP contribution >= 0.6 is 0 Å². The zero-order chi connectivity index (χ0) is 98.4. The van der Waals surface area contributed by atoms with Gasteiger partial charge < -0.3 is 28.7 Å². The van der Waals surface area contributed by atoms with Gasteiger partial charge in [0.25, 0.3) is 0 Å². The lowest BCUT2D eigenvalue weighted by atomic mass is 9.89. The SMILES string of the molecule is FC(F)C(F)(F)C(F)(F)C(F)(F)C(F)(F)C(F)(F)C(F)(F)C(F)(F)COc1nc(OCC(F)(F)C(F)(F)C(F)(F)C(F)(F)C(F)(F)C(F)(F)C(F)(F)C(F)F)nc(N2CCCN(c3nc(OCC(F)(F)C(F)(F)C(F)(F)C(F)(F)C(F)(F)C(F)(F)C(F)(F)C(F)F)nc(OCC(F)(F)C(F)(F)C(F)(F)C(F)(F)C(F)(F)C(F)(F)C(F)(F)C(F)F)n3)CC2)n1. The van der Waals surface area contributed by atoms with Gasteiger partial charge in [-0.2, -0.15) is 266 Å². The van der Waals surface area contributed by atoms with Crippen LogP contribution in [0.3, 0.4) is 0 Å². The maximum absolute atomic E-state index is 15.0. The summed E-state index contributed by atoms with van der Waals surface area (Å²) in [5.74, 6) is -251. The predicted molar refractivity (Wildman–Crippen MR) is 253 cm³/mol. The first-order valence-electron chi connectivity index (χ1n) is 28.8. The van der Waals surface area contributed by atoms with E-state index in [1.807, 2.05) is 0 Å². The molecule has 1 fully saturated rings. The van der Waals surface area contributed by atoms with Crippen molar-refractivity contribution in [2.45, 2.75) is 198 Å². The van der Waals surface area contributed by atoms with E-state index in [2.05, 4.69) is 48.9 Å². The molecule has 12 nitrogen and oxygen atoms in total. The molecule has 3 rings (SSSR count). The molecule has 0 aliphatic carbocycles. The highest BCUT2D eigenvalue weighted by molar-refractivity contribution is 5.38. The summed E-state index contributed by atoms with van der Waals surface area (Å²) < 4.78 is 915. The number of hydrogen-bond donors (Lipinski definition) is 0. The topological polar surface area (TPSA) is 121 Å². The third-order valence-corrected chi connectivity index (χ3v) is 15.7. The fourth-order valence-corrected chi connectivity index (χ4v) is 8.17. The number of alkyl halides is 64. The van der Waals surface area contributed by atoms with Gasteiger partial charge in [0.05, 0.1) is 0 Å². The lowest BCUT2D eigenvalue weighted by molar-refractivity contribution is -0.447.